The first kappa shape index (κ1) is 24.3. The lowest BCUT2D eigenvalue weighted by atomic mass is 10.0. The second-order valence-corrected chi connectivity index (χ2v) is 11.7. The smallest absolute Gasteiger partial charge is 0.130 e. The minimum absolute atomic E-state index is 0.300. The molecule has 4 aromatic rings. The number of benzene rings is 1. The predicted octanol–water partition coefficient (Wildman–Crippen LogP) is 5.16. The van der Waals surface area contributed by atoms with Crippen LogP contribution in [0.3, 0.4) is 0 Å². The first-order valence-electron chi connectivity index (χ1n) is 12.6. The van der Waals surface area contributed by atoms with E-state index >= 15 is 0 Å². The summed E-state index contributed by atoms with van der Waals surface area (Å²) >= 11 is 9.74. The molecule has 1 N–H and O–H groups in total. The minimum Gasteiger partial charge on any atom is -0.354 e. The van der Waals surface area contributed by atoms with E-state index in [1.54, 1.807) is 0 Å². The summed E-state index contributed by atoms with van der Waals surface area (Å²) in [5.41, 5.74) is 4.00. The standard InChI is InChI=1S/C28H31N7S2/c1-19(32-26-14-23-13-21(3-4-22(23)16-30-26)24-17-31-33(2)18-24)20-7-8-29-27(15-20)34-9-11-35(12-10-34)28(36,37)25-5-6-25/h3-4,7-8,13-18,25,36-37H,1,5-6,9-12H2,2H3,(H,30,32). The third-order valence-electron chi connectivity index (χ3n) is 7.33. The van der Waals surface area contributed by atoms with Crippen LogP contribution in [0.1, 0.15) is 18.4 Å². The normalized spacial score (nSPS) is 16.8. The Balaban J connectivity index is 1.15. The van der Waals surface area contributed by atoms with E-state index in [1.807, 2.05) is 42.6 Å². The number of fused-ring (bicyclic) bond motifs is 1. The van der Waals surface area contributed by atoms with Crippen molar-refractivity contribution in [2.24, 2.45) is 13.0 Å². The van der Waals surface area contributed by atoms with Gasteiger partial charge in [-0.2, -0.15) is 5.10 Å². The fourth-order valence-corrected chi connectivity index (χ4v) is 5.87. The van der Waals surface area contributed by atoms with Gasteiger partial charge in [-0.3, -0.25) is 9.58 Å². The van der Waals surface area contributed by atoms with E-state index in [9.17, 15) is 0 Å². The lowest BCUT2D eigenvalue weighted by molar-refractivity contribution is 0.206. The van der Waals surface area contributed by atoms with E-state index in [1.165, 1.54) is 12.8 Å². The molecule has 1 saturated carbocycles. The molecule has 0 unspecified atom stereocenters. The van der Waals surface area contributed by atoms with Gasteiger partial charge in [0.2, 0.25) is 0 Å². The number of hydrogen-bond donors (Lipinski definition) is 3. The summed E-state index contributed by atoms with van der Waals surface area (Å²) in [6, 6.07) is 12.5. The molecule has 4 heterocycles. The van der Waals surface area contributed by atoms with Crippen molar-refractivity contribution in [3.8, 4) is 11.1 Å². The summed E-state index contributed by atoms with van der Waals surface area (Å²) < 4.78 is 1.51. The van der Waals surface area contributed by atoms with Crippen molar-refractivity contribution in [3.63, 3.8) is 0 Å². The fourth-order valence-electron chi connectivity index (χ4n) is 4.96. The molecule has 9 heteroatoms. The van der Waals surface area contributed by atoms with Gasteiger partial charge in [0.1, 0.15) is 15.8 Å². The molecule has 0 amide bonds. The van der Waals surface area contributed by atoms with Gasteiger partial charge in [-0.05, 0) is 54.0 Å². The molecule has 1 aliphatic carbocycles. The summed E-state index contributed by atoms with van der Waals surface area (Å²) in [6.45, 7) is 7.94. The predicted molar refractivity (Wildman–Crippen MR) is 158 cm³/mol. The Morgan fingerprint density at radius 1 is 0.973 bits per heavy atom. The molecular weight excluding hydrogens is 498 g/mol. The summed E-state index contributed by atoms with van der Waals surface area (Å²) in [6.07, 6.45) is 10.1. The maximum Gasteiger partial charge on any atom is 0.130 e. The van der Waals surface area contributed by atoms with Crippen LogP contribution in [0.4, 0.5) is 11.6 Å². The van der Waals surface area contributed by atoms with Crippen LogP contribution in [0.2, 0.25) is 0 Å². The Hall–Kier alpha value is -3.01. The summed E-state index contributed by atoms with van der Waals surface area (Å²) in [5, 5.41) is 9.88. The number of nitrogens with zero attached hydrogens (tertiary/aromatic N) is 6. The highest BCUT2D eigenvalue weighted by Gasteiger charge is 2.44. The number of thiol groups is 2. The van der Waals surface area contributed by atoms with Crippen molar-refractivity contribution in [3.05, 3.63) is 73.3 Å². The first-order valence-corrected chi connectivity index (χ1v) is 13.5. The van der Waals surface area contributed by atoms with Gasteiger partial charge in [0.15, 0.2) is 0 Å². The van der Waals surface area contributed by atoms with Gasteiger partial charge in [0.25, 0.3) is 0 Å². The number of nitrogens with one attached hydrogen (secondary N) is 1. The van der Waals surface area contributed by atoms with Crippen LogP contribution in [0.25, 0.3) is 27.6 Å². The first-order chi connectivity index (χ1) is 17.9. The molecule has 1 aliphatic heterocycles. The zero-order chi connectivity index (χ0) is 25.6. The monoisotopic (exact) mass is 529 g/mol. The Labute approximate surface area is 228 Å². The highest BCUT2D eigenvalue weighted by molar-refractivity contribution is 8.00. The largest absolute Gasteiger partial charge is 0.354 e. The molecule has 37 heavy (non-hydrogen) atoms. The maximum atomic E-state index is 4.87. The molecule has 2 fully saturated rings. The van der Waals surface area contributed by atoms with Crippen molar-refractivity contribution >= 4 is 53.4 Å². The molecule has 6 rings (SSSR count). The molecular formula is C28H31N7S2. The summed E-state index contributed by atoms with van der Waals surface area (Å²) in [7, 11) is 1.93. The van der Waals surface area contributed by atoms with E-state index in [0.717, 1.165) is 71.0 Å². The van der Waals surface area contributed by atoms with Crippen LogP contribution in [0.15, 0.2) is 67.8 Å². The zero-order valence-corrected chi connectivity index (χ0v) is 22.7. The molecule has 7 nitrogen and oxygen atoms in total. The van der Waals surface area contributed by atoms with Gasteiger partial charge >= 0.3 is 0 Å². The molecule has 190 valence electrons. The second-order valence-electron chi connectivity index (χ2n) is 9.98. The molecule has 3 aromatic heterocycles. The molecule has 1 aromatic carbocycles. The summed E-state index contributed by atoms with van der Waals surface area (Å²) in [4.78, 5) is 14.0. The van der Waals surface area contributed by atoms with Crippen molar-refractivity contribution < 1.29 is 0 Å². The molecule has 1 saturated heterocycles. The molecule has 0 atom stereocenters. The van der Waals surface area contributed by atoms with Gasteiger partial charge in [-0.15, -0.1) is 25.3 Å². The average Bonchev–Trinajstić information content (AvgIpc) is 3.70. The van der Waals surface area contributed by atoms with Crippen molar-refractivity contribution in [1.82, 2.24) is 24.6 Å². The van der Waals surface area contributed by atoms with Crippen LogP contribution in [-0.2, 0) is 7.05 Å². The van der Waals surface area contributed by atoms with E-state index < -0.39 is 0 Å². The van der Waals surface area contributed by atoms with Crippen molar-refractivity contribution in [1.29, 1.82) is 0 Å². The van der Waals surface area contributed by atoms with E-state index in [0.29, 0.717) is 5.92 Å². The number of piperazine rings is 1. The van der Waals surface area contributed by atoms with Gasteiger partial charge in [0.05, 0.1) is 6.20 Å². The number of hydrogen-bond acceptors (Lipinski definition) is 8. The number of anilines is 2. The fraction of sp³-hybridized carbons (Fsp3) is 0.321. The SMILES string of the molecule is C=C(Nc1cc2cc(-c3cnn(C)c3)ccc2cn1)c1ccnc(N2CCN(C(S)(S)C3CC3)CC2)c1. The number of rotatable bonds is 7. The Kier molecular flexibility index (Phi) is 6.38. The maximum absolute atomic E-state index is 4.87. The topological polar surface area (TPSA) is 62.1 Å². The van der Waals surface area contributed by atoms with Gasteiger partial charge in [0, 0.05) is 74.0 Å². The number of pyridine rings is 2. The average molecular weight is 530 g/mol. The zero-order valence-electron chi connectivity index (χ0n) is 20.9. The lowest BCUT2D eigenvalue weighted by Gasteiger charge is -2.43. The van der Waals surface area contributed by atoms with Crippen LogP contribution < -0.4 is 10.2 Å². The van der Waals surface area contributed by atoms with E-state index in [-0.39, 0.29) is 4.20 Å². The molecule has 0 bridgehead atoms. The van der Waals surface area contributed by atoms with Crippen LogP contribution >= 0.6 is 25.3 Å². The van der Waals surface area contributed by atoms with Crippen LogP contribution in [0.5, 0.6) is 0 Å². The minimum atomic E-state index is -0.300. The highest BCUT2D eigenvalue weighted by Crippen LogP contribution is 2.48. The van der Waals surface area contributed by atoms with Crippen LogP contribution in [-0.4, -0.2) is 55.0 Å². The molecule has 0 radical (unpaired) electrons. The highest BCUT2D eigenvalue weighted by atomic mass is 32.2. The van der Waals surface area contributed by atoms with Crippen LogP contribution in [0, 0.1) is 5.92 Å². The lowest BCUT2D eigenvalue weighted by Crippen LogP contribution is -2.53. The Morgan fingerprint density at radius 3 is 2.51 bits per heavy atom. The van der Waals surface area contributed by atoms with Crippen molar-refractivity contribution in [2.75, 3.05) is 36.4 Å². The number of aromatic nitrogens is 4. The third kappa shape index (κ3) is 5.08. The summed E-state index contributed by atoms with van der Waals surface area (Å²) in [5.74, 6) is 2.31. The van der Waals surface area contributed by atoms with E-state index in [2.05, 4.69) is 67.1 Å². The Bertz CT molecular complexity index is 1450. The van der Waals surface area contributed by atoms with Crippen molar-refractivity contribution in [2.45, 2.75) is 17.0 Å². The quantitative estimate of drug-likeness (QED) is 0.227. The van der Waals surface area contributed by atoms with Gasteiger partial charge < -0.3 is 10.2 Å². The van der Waals surface area contributed by atoms with E-state index in [4.69, 9.17) is 25.3 Å². The third-order valence-corrected chi connectivity index (χ3v) is 8.62. The number of aryl methyl sites for hydroxylation is 1. The Morgan fingerprint density at radius 2 is 1.78 bits per heavy atom. The van der Waals surface area contributed by atoms with Gasteiger partial charge in [-0.25, -0.2) is 9.97 Å². The second kappa shape index (κ2) is 9.70. The molecule has 0 spiro atoms. The van der Waals surface area contributed by atoms with Gasteiger partial charge in [-0.1, -0.05) is 18.7 Å². The molecule has 2 aliphatic rings.